The summed E-state index contributed by atoms with van der Waals surface area (Å²) < 4.78 is 19.0. The summed E-state index contributed by atoms with van der Waals surface area (Å²) >= 11 is 0. The number of aromatic amines is 1. The standard InChI is InChI=1S/C36H24FNO9/c1-3-4-5-6-17-13-19-22(15-7-9-16(37)10-8-15)18-11-12-36(28(18)32(43)23(19)35(46)38-17)33(44)26-27(34(36)45)31(42)25-24(30(26)41)20(39)14-21(47-2)29(25)40/h3-10,13-14,43-45H,11-12H2,1-2H3,(H,38,46)/t36-/m0/s1. The van der Waals surface area contributed by atoms with Crippen LogP contribution in [-0.4, -0.2) is 27.4 Å². The highest BCUT2D eigenvalue weighted by Gasteiger charge is 2.54. The first kappa shape index (κ1) is 29.6. The molecule has 7 rings (SSSR count). The number of aliphatic hydroxyl groups excluding tert-OH is 2. The second-order valence-corrected chi connectivity index (χ2v) is 11.5. The van der Waals surface area contributed by atoms with Crippen molar-refractivity contribution < 1.29 is 24.4 Å². The summed E-state index contributed by atoms with van der Waals surface area (Å²) in [5, 5.41) is 32.7. The summed E-state index contributed by atoms with van der Waals surface area (Å²) in [4.78, 5) is 70.0. The summed E-state index contributed by atoms with van der Waals surface area (Å²) in [7, 11) is 1.11. The number of nitrogens with one attached hydrogen (secondary N) is 1. The maximum absolute atomic E-state index is 14.1. The van der Waals surface area contributed by atoms with Crippen LogP contribution in [0.2, 0.25) is 0 Å². The molecule has 0 radical (unpaired) electrons. The van der Waals surface area contributed by atoms with Gasteiger partial charge in [-0.25, -0.2) is 4.39 Å². The number of methoxy groups -OCH3 is 1. The molecule has 4 N–H and O–H groups in total. The summed E-state index contributed by atoms with van der Waals surface area (Å²) in [6.45, 7) is 1.82. The topological polar surface area (TPSA) is 171 Å². The fraction of sp³-hybridized carbons (Fsp3) is 0.139. The monoisotopic (exact) mass is 633 g/mol. The molecular formula is C36H24FNO9. The predicted octanol–water partition coefficient (Wildman–Crippen LogP) is 1.91. The van der Waals surface area contributed by atoms with Gasteiger partial charge < -0.3 is 25.0 Å². The summed E-state index contributed by atoms with van der Waals surface area (Å²) in [6, 6.07) is 7.81. The molecule has 4 aliphatic carbocycles. The van der Waals surface area contributed by atoms with Crippen LogP contribution in [0.4, 0.5) is 4.39 Å². The molecule has 47 heavy (non-hydrogen) atoms. The van der Waals surface area contributed by atoms with Crippen LogP contribution >= 0.6 is 0 Å². The lowest BCUT2D eigenvalue weighted by molar-refractivity contribution is 0.362. The molecule has 0 unspecified atom stereocenters. The number of halogens is 1. The van der Waals surface area contributed by atoms with Gasteiger partial charge in [0.25, 0.3) is 5.56 Å². The molecule has 11 heteroatoms. The van der Waals surface area contributed by atoms with Crippen molar-refractivity contribution in [2.75, 3.05) is 7.11 Å². The maximum atomic E-state index is 14.1. The Labute approximate surface area is 262 Å². The number of hydrogen-bond donors (Lipinski definition) is 4. The van der Waals surface area contributed by atoms with Crippen LogP contribution in [0, 0.1) is 16.3 Å². The van der Waals surface area contributed by atoms with E-state index in [0.717, 1.165) is 13.2 Å². The van der Waals surface area contributed by atoms with Crippen LogP contribution in [0.15, 0.2) is 78.6 Å². The molecule has 234 valence electrons. The number of hydrogen-bond acceptors (Lipinski definition) is 9. The van der Waals surface area contributed by atoms with Crippen molar-refractivity contribution in [3.05, 3.63) is 149 Å². The minimum Gasteiger partial charge on any atom is -0.510 e. The number of benzene rings is 2. The van der Waals surface area contributed by atoms with E-state index in [4.69, 9.17) is 4.74 Å². The maximum Gasteiger partial charge on any atom is 0.260 e. The van der Waals surface area contributed by atoms with E-state index >= 15 is 0 Å². The Morgan fingerprint density at radius 2 is 1.53 bits per heavy atom. The molecule has 2 aromatic carbocycles. The molecule has 4 aliphatic rings. The van der Waals surface area contributed by atoms with Gasteiger partial charge in [-0.05, 0) is 60.7 Å². The molecule has 10 nitrogen and oxygen atoms in total. The van der Waals surface area contributed by atoms with Gasteiger partial charge in [-0.1, -0.05) is 30.4 Å². The Balaban J connectivity index is 1.68. The van der Waals surface area contributed by atoms with E-state index < -0.39 is 82.4 Å². The van der Waals surface area contributed by atoms with Crippen LogP contribution in [0.1, 0.15) is 30.2 Å². The van der Waals surface area contributed by atoms with Gasteiger partial charge in [0.2, 0.25) is 16.3 Å². The smallest absolute Gasteiger partial charge is 0.260 e. The minimum absolute atomic E-state index is 0.0551. The Hall–Kier alpha value is -6.10. The van der Waals surface area contributed by atoms with Gasteiger partial charge in [0.1, 0.15) is 28.5 Å². The van der Waals surface area contributed by atoms with Gasteiger partial charge in [-0.15, -0.1) is 0 Å². The predicted molar refractivity (Wildman–Crippen MR) is 173 cm³/mol. The molecule has 0 fully saturated rings. The lowest BCUT2D eigenvalue weighted by Crippen LogP contribution is -2.51. The summed E-state index contributed by atoms with van der Waals surface area (Å²) in [5.41, 5.74) is -5.68. The number of phenolic OH excluding ortho intramolecular Hbond substituents is 1. The van der Waals surface area contributed by atoms with Crippen LogP contribution in [-0.2, 0) is 11.8 Å². The van der Waals surface area contributed by atoms with Crippen LogP contribution < -0.4 is 42.4 Å². The van der Waals surface area contributed by atoms with Gasteiger partial charge >= 0.3 is 0 Å². The molecule has 1 atom stereocenters. The van der Waals surface area contributed by atoms with Crippen molar-refractivity contribution in [1.29, 1.82) is 0 Å². The number of fused-ring (bicyclic) bond motifs is 4. The number of rotatable bonds is 4. The molecule has 1 heterocycles. The number of H-pyrrole nitrogens is 1. The van der Waals surface area contributed by atoms with E-state index in [1.165, 1.54) is 24.3 Å². The molecule has 0 aliphatic heterocycles. The zero-order valence-electron chi connectivity index (χ0n) is 24.9. The third-order valence-corrected chi connectivity index (χ3v) is 9.16. The van der Waals surface area contributed by atoms with Gasteiger partial charge in [0.05, 0.1) is 33.4 Å². The van der Waals surface area contributed by atoms with E-state index in [0.29, 0.717) is 27.8 Å². The third-order valence-electron chi connectivity index (χ3n) is 9.16. The van der Waals surface area contributed by atoms with Crippen molar-refractivity contribution in [2.24, 2.45) is 0 Å². The van der Waals surface area contributed by atoms with E-state index in [-0.39, 0.29) is 23.8 Å². The van der Waals surface area contributed by atoms with Gasteiger partial charge in [0.15, 0.2) is 11.2 Å². The van der Waals surface area contributed by atoms with E-state index in [1.54, 1.807) is 30.4 Å². The highest BCUT2D eigenvalue weighted by atomic mass is 19.1. The quantitative estimate of drug-likeness (QED) is 0.216. The number of allylic oxidation sites excluding steroid dienone is 3. The summed E-state index contributed by atoms with van der Waals surface area (Å²) in [6.07, 6.45) is 6.77. The number of phenols is 1. The van der Waals surface area contributed by atoms with E-state index in [2.05, 4.69) is 4.98 Å². The molecule has 1 spiro atoms. The normalized spacial score (nSPS) is 17.2. The first-order valence-electron chi connectivity index (χ1n) is 14.5. The van der Waals surface area contributed by atoms with Crippen molar-refractivity contribution >= 4 is 28.4 Å². The van der Waals surface area contributed by atoms with Crippen LogP contribution in [0.3, 0.4) is 0 Å². The zero-order chi connectivity index (χ0) is 33.5. The molecule has 0 saturated carbocycles. The third kappa shape index (κ3) is 3.79. The van der Waals surface area contributed by atoms with Crippen LogP contribution in [0.5, 0.6) is 11.5 Å². The van der Waals surface area contributed by atoms with Crippen molar-refractivity contribution in [2.45, 2.75) is 25.2 Å². The number of aromatic nitrogens is 1. The summed E-state index contributed by atoms with van der Waals surface area (Å²) in [5.74, 6) is -3.24. The van der Waals surface area contributed by atoms with Crippen LogP contribution in [0.25, 0.3) is 39.5 Å². The second-order valence-electron chi connectivity index (χ2n) is 11.5. The largest absolute Gasteiger partial charge is 0.510 e. The molecule has 0 saturated heterocycles. The SMILES string of the molecule is CC=CC=Cc1cc2c(-c3ccc(F)cc3)c3c(c(O)c2c(=O)[nH]1)[C@@]1(CC3)C(O)=c2c(=O)c3c(=O)cc(OC)c(=O)c=3c(=O)c2=C1O. The van der Waals surface area contributed by atoms with Crippen molar-refractivity contribution in [1.82, 2.24) is 4.98 Å². The zero-order valence-corrected chi connectivity index (χ0v) is 24.9. The highest BCUT2D eigenvalue weighted by Crippen LogP contribution is 2.56. The minimum atomic E-state index is -2.09. The van der Waals surface area contributed by atoms with Crippen molar-refractivity contribution in [3.63, 3.8) is 0 Å². The lowest BCUT2D eigenvalue weighted by Gasteiger charge is -2.28. The van der Waals surface area contributed by atoms with Gasteiger partial charge in [0, 0.05) is 22.7 Å². The first-order chi connectivity index (χ1) is 22.5. The highest BCUT2D eigenvalue weighted by molar-refractivity contribution is 6.05. The average molecular weight is 634 g/mol. The van der Waals surface area contributed by atoms with E-state index in [1.807, 2.05) is 6.92 Å². The first-order valence-corrected chi connectivity index (χ1v) is 14.5. The lowest BCUT2D eigenvalue weighted by atomic mass is 9.77. The fourth-order valence-electron chi connectivity index (χ4n) is 7.17. The number of pyridine rings is 1. The molecule has 3 aromatic rings. The van der Waals surface area contributed by atoms with Gasteiger partial charge in [-0.3, -0.25) is 24.0 Å². The Morgan fingerprint density at radius 3 is 2.17 bits per heavy atom. The Morgan fingerprint density at radius 1 is 0.872 bits per heavy atom. The molecule has 0 bridgehead atoms. The molecule has 0 amide bonds. The number of aliphatic hydroxyl groups is 2. The van der Waals surface area contributed by atoms with Gasteiger partial charge in [-0.2, -0.15) is 0 Å². The number of aromatic hydroxyl groups is 1. The second kappa shape index (κ2) is 10.2. The molecule has 1 aromatic heterocycles. The van der Waals surface area contributed by atoms with Crippen molar-refractivity contribution in [3.8, 4) is 22.6 Å². The Bertz CT molecular complexity index is 2770. The average Bonchev–Trinajstić information content (AvgIpc) is 3.54. The van der Waals surface area contributed by atoms with E-state index in [9.17, 15) is 43.7 Å². The number of ether oxygens (including phenoxy) is 1. The fourth-order valence-corrected chi connectivity index (χ4v) is 7.17. The Kier molecular flexibility index (Phi) is 6.43. The molecular weight excluding hydrogens is 609 g/mol.